The highest BCUT2D eigenvalue weighted by Gasteiger charge is 2.35. The molecule has 0 heterocycles. The number of hydrogen-bond donors (Lipinski definition) is 3. The number of nitrogens with one attached hydrogen (secondary N) is 3. The molecule has 1 amide bonds. The van der Waals surface area contributed by atoms with Crippen LogP contribution in [0.15, 0.2) is 53.0 Å². The van der Waals surface area contributed by atoms with Crippen molar-refractivity contribution in [1.82, 2.24) is 10.6 Å². The molecule has 4 nitrogen and oxygen atoms in total. The van der Waals surface area contributed by atoms with Gasteiger partial charge in [0.2, 0.25) is 3.79 Å². The number of carbonyl (C=O) groups excluding carboxylic acids is 1. The van der Waals surface area contributed by atoms with Gasteiger partial charge in [0.15, 0.2) is 5.11 Å². The van der Waals surface area contributed by atoms with Crippen LogP contribution in [0, 0.1) is 3.57 Å². The molecule has 0 radical (unpaired) electrons. The lowest BCUT2D eigenvalue weighted by Crippen LogP contribution is -2.56. The lowest BCUT2D eigenvalue weighted by atomic mass is 10.2. The molecule has 0 spiro atoms. The largest absolute Gasteiger partial charge is 0.339 e. The molecule has 1 unspecified atom stereocenters. The highest BCUT2D eigenvalue weighted by atomic mass is 127. The molecule has 138 valence electrons. The molecule has 1 atom stereocenters. The third-order valence-corrected chi connectivity index (χ3v) is 5.63. The van der Waals surface area contributed by atoms with E-state index in [0.29, 0.717) is 10.0 Å². The fourth-order valence-corrected chi connectivity index (χ4v) is 3.45. The van der Waals surface area contributed by atoms with E-state index in [1.807, 2.05) is 24.3 Å². The minimum atomic E-state index is -1.83. The molecule has 0 aliphatic rings. The van der Waals surface area contributed by atoms with E-state index < -0.39 is 15.9 Å². The van der Waals surface area contributed by atoms with Crippen LogP contribution in [0.5, 0.6) is 0 Å². The van der Waals surface area contributed by atoms with Crippen LogP contribution in [-0.4, -0.2) is 21.0 Å². The summed E-state index contributed by atoms with van der Waals surface area (Å²) in [6, 6.07) is 14.5. The summed E-state index contributed by atoms with van der Waals surface area (Å²) < 4.78 is -0.232. The van der Waals surface area contributed by atoms with E-state index in [1.165, 1.54) is 0 Å². The van der Waals surface area contributed by atoms with Gasteiger partial charge in [0.1, 0.15) is 6.17 Å². The average Bonchev–Trinajstić information content (AvgIpc) is 2.56. The summed E-state index contributed by atoms with van der Waals surface area (Å²) >= 11 is 28.8. The second-order valence-corrected chi connectivity index (χ2v) is 9.80. The van der Waals surface area contributed by atoms with Crippen molar-refractivity contribution < 1.29 is 4.79 Å². The first-order valence-electron chi connectivity index (χ1n) is 7.12. The Hall–Kier alpha value is -0.320. The summed E-state index contributed by atoms with van der Waals surface area (Å²) in [5.41, 5.74) is 1.20. The number of halogens is 5. The predicted octanol–water partition coefficient (Wildman–Crippen LogP) is 5.47. The van der Waals surface area contributed by atoms with E-state index in [0.717, 1.165) is 9.26 Å². The molecule has 2 aromatic rings. The fraction of sp³-hybridized carbons (Fsp3) is 0.125. The molecule has 0 aliphatic carbocycles. The molecular formula is C16H12BrCl3IN3OS. The molecule has 0 bridgehead atoms. The van der Waals surface area contributed by atoms with E-state index in [2.05, 4.69) is 54.5 Å². The lowest BCUT2D eigenvalue weighted by molar-refractivity contribution is 0.0934. The Balaban J connectivity index is 2.10. The quantitative estimate of drug-likeness (QED) is 0.187. The summed E-state index contributed by atoms with van der Waals surface area (Å²) in [6.45, 7) is 0. The lowest BCUT2D eigenvalue weighted by Gasteiger charge is -2.28. The molecule has 0 aromatic heterocycles. The number of para-hydroxylation sites is 1. The maximum absolute atomic E-state index is 12.5. The smallest absolute Gasteiger partial charge is 0.254 e. The van der Waals surface area contributed by atoms with Gasteiger partial charge in [-0.3, -0.25) is 4.79 Å². The number of alkyl halides is 3. The van der Waals surface area contributed by atoms with Gasteiger partial charge in [-0.25, -0.2) is 0 Å². The number of amides is 1. The first kappa shape index (κ1) is 22.0. The third-order valence-electron chi connectivity index (χ3n) is 3.12. The van der Waals surface area contributed by atoms with Gasteiger partial charge in [-0.1, -0.05) is 59.1 Å². The Morgan fingerprint density at radius 2 is 1.69 bits per heavy atom. The Bertz CT molecular complexity index is 819. The molecule has 2 rings (SSSR count). The maximum atomic E-state index is 12.5. The van der Waals surface area contributed by atoms with Crippen molar-refractivity contribution in [2.75, 3.05) is 5.32 Å². The number of hydrogen-bond acceptors (Lipinski definition) is 2. The van der Waals surface area contributed by atoms with E-state index in [1.54, 1.807) is 24.3 Å². The molecule has 0 saturated carbocycles. The molecule has 0 fully saturated rings. The van der Waals surface area contributed by atoms with Gasteiger partial charge in [-0.05, 0) is 75.0 Å². The minimum Gasteiger partial charge on any atom is -0.339 e. The first-order chi connectivity index (χ1) is 12.2. The molecule has 26 heavy (non-hydrogen) atoms. The van der Waals surface area contributed by atoms with Crippen molar-refractivity contribution in [3.05, 3.63) is 62.1 Å². The van der Waals surface area contributed by atoms with E-state index >= 15 is 0 Å². The van der Waals surface area contributed by atoms with E-state index in [-0.39, 0.29) is 5.11 Å². The molecule has 2 aromatic carbocycles. The molecule has 3 N–H and O–H groups in total. The summed E-state index contributed by atoms with van der Waals surface area (Å²) in [5.74, 6) is -0.418. The van der Waals surface area contributed by atoms with Crippen molar-refractivity contribution in [2.24, 2.45) is 0 Å². The van der Waals surface area contributed by atoms with E-state index in [4.69, 9.17) is 47.0 Å². The van der Waals surface area contributed by atoms with Crippen LogP contribution in [-0.2, 0) is 0 Å². The van der Waals surface area contributed by atoms with Gasteiger partial charge in [-0.15, -0.1) is 0 Å². The zero-order chi connectivity index (χ0) is 19.3. The monoisotopic (exact) mass is 605 g/mol. The number of rotatable bonds is 4. The Morgan fingerprint density at radius 1 is 1.08 bits per heavy atom. The second kappa shape index (κ2) is 9.75. The highest BCUT2D eigenvalue weighted by molar-refractivity contribution is 14.1. The van der Waals surface area contributed by atoms with E-state index in [9.17, 15) is 4.79 Å². The third kappa shape index (κ3) is 6.38. The number of anilines is 1. The SMILES string of the molecule is O=C(NC(NC(=S)Nc1ccccc1I)C(Cl)(Cl)Cl)c1ccccc1Br. The second-order valence-electron chi connectivity index (χ2n) is 5.01. The normalized spacial score (nSPS) is 12.2. The molecule has 10 heteroatoms. The van der Waals surface area contributed by atoms with Crippen LogP contribution >= 0.6 is 85.5 Å². The standard InChI is InChI=1S/C16H12BrCl3IN3OS/c17-10-6-2-1-5-9(10)13(25)23-14(16(18,19)20)24-15(26)22-12-8-4-3-7-11(12)21/h1-8,14H,(H,23,25)(H2,22,24,26). The van der Waals surface area contributed by atoms with Crippen LogP contribution in [0.1, 0.15) is 10.4 Å². The van der Waals surface area contributed by atoms with Gasteiger partial charge in [0, 0.05) is 8.04 Å². The van der Waals surface area contributed by atoms with Gasteiger partial charge in [0.05, 0.1) is 11.3 Å². The first-order valence-corrected chi connectivity index (χ1v) is 10.5. The summed E-state index contributed by atoms with van der Waals surface area (Å²) in [7, 11) is 0. The van der Waals surface area contributed by atoms with Crippen LogP contribution in [0.3, 0.4) is 0 Å². The molecular weight excluding hydrogens is 595 g/mol. The number of carbonyl (C=O) groups is 1. The Kier molecular flexibility index (Phi) is 8.24. The van der Waals surface area contributed by atoms with Crippen molar-refractivity contribution in [3.8, 4) is 0 Å². The van der Waals surface area contributed by atoms with Gasteiger partial charge < -0.3 is 16.0 Å². The van der Waals surface area contributed by atoms with Gasteiger partial charge in [-0.2, -0.15) is 0 Å². The minimum absolute atomic E-state index is 0.206. The summed E-state index contributed by atoms with van der Waals surface area (Å²) in [4.78, 5) is 12.5. The Morgan fingerprint density at radius 3 is 2.31 bits per heavy atom. The fourth-order valence-electron chi connectivity index (χ4n) is 1.91. The number of benzene rings is 2. The zero-order valence-electron chi connectivity index (χ0n) is 12.9. The predicted molar refractivity (Wildman–Crippen MR) is 124 cm³/mol. The van der Waals surface area contributed by atoms with Gasteiger partial charge >= 0.3 is 0 Å². The van der Waals surface area contributed by atoms with Crippen LogP contribution < -0.4 is 16.0 Å². The maximum Gasteiger partial charge on any atom is 0.254 e. The van der Waals surface area contributed by atoms with Crippen molar-refractivity contribution >= 4 is 102 Å². The van der Waals surface area contributed by atoms with Gasteiger partial charge in [0.25, 0.3) is 5.91 Å². The molecule has 0 saturated heterocycles. The van der Waals surface area contributed by atoms with Crippen molar-refractivity contribution in [2.45, 2.75) is 9.96 Å². The topological polar surface area (TPSA) is 53.2 Å². The average molecular weight is 608 g/mol. The van der Waals surface area contributed by atoms with Crippen molar-refractivity contribution in [3.63, 3.8) is 0 Å². The Labute approximate surface area is 193 Å². The van der Waals surface area contributed by atoms with Crippen molar-refractivity contribution in [1.29, 1.82) is 0 Å². The zero-order valence-corrected chi connectivity index (χ0v) is 19.7. The van der Waals surface area contributed by atoms with Crippen LogP contribution in [0.2, 0.25) is 0 Å². The summed E-state index contributed by atoms with van der Waals surface area (Å²) in [5, 5.41) is 8.69. The number of thiocarbonyl (C=S) groups is 1. The highest BCUT2D eigenvalue weighted by Crippen LogP contribution is 2.30. The molecule has 0 aliphatic heterocycles. The van der Waals surface area contributed by atoms with Crippen LogP contribution in [0.4, 0.5) is 5.69 Å². The van der Waals surface area contributed by atoms with Crippen LogP contribution in [0.25, 0.3) is 0 Å². The summed E-state index contributed by atoms with van der Waals surface area (Å²) in [6.07, 6.45) is -1.05.